The number of aliphatic hydroxyl groups excluding tert-OH is 1. The van der Waals surface area contributed by atoms with Gasteiger partial charge in [-0.3, -0.25) is 37.3 Å². The van der Waals surface area contributed by atoms with E-state index in [2.05, 4.69) is 41.5 Å². The molecule has 0 heterocycles. The maximum Gasteiger partial charge on any atom is 0.472 e. The van der Waals surface area contributed by atoms with Gasteiger partial charge in [0, 0.05) is 25.7 Å². The van der Waals surface area contributed by atoms with Crippen molar-refractivity contribution in [2.75, 3.05) is 39.6 Å². The quantitative estimate of drug-likeness (QED) is 0.0222. The van der Waals surface area contributed by atoms with E-state index < -0.39 is 97.5 Å². The molecule has 0 rings (SSSR count). The molecule has 0 saturated heterocycles. The summed E-state index contributed by atoms with van der Waals surface area (Å²) < 4.78 is 68.8. The van der Waals surface area contributed by atoms with Gasteiger partial charge in [-0.25, -0.2) is 9.13 Å². The minimum absolute atomic E-state index is 0.108. The number of carbonyl (C=O) groups is 4. The number of phosphoric ester groups is 2. The first kappa shape index (κ1) is 104. The van der Waals surface area contributed by atoms with Crippen molar-refractivity contribution in [2.45, 2.75) is 484 Å². The third kappa shape index (κ3) is 78.7. The van der Waals surface area contributed by atoms with E-state index in [-0.39, 0.29) is 25.7 Å². The van der Waals surface area contributed by atoms with Crippen LogP contribution >= 0.6 is 15.6 Å². The number of hydrogen-bond acceptors (Lipinski definition) is 15. The van der Waals surface area contributed by atoms with E-state index >= 15 is 0 Å². The number of esters is 4. The van der Waals surface area contributed by atoms with Crippen LogP contribution in [-0.2, 0) is 65.4 Å². The predicted molar refractivity (Wildman–Crippen MR) is 437 cm³/mol. The number of phosphoric acid groups is 2. The Bertz CT molecular complexity index is 2030. The van der Waals surface area contributed by atoms with Gasteiger partial charge in [-0.2, -0.15) is 0 Å². The highest BCUT2D eigenvalue weighted by Gasteiger charge is 2.30. The summed E-state index contributed by atoms with van der Waals surface area (Å²) in [6, 6.07) is 0. The number of carbonyl (C=O) groups excluding carboxylic acids is 4. The van der Waals surface area contributed by atoms with Gasteiger partial charge >= 0.3 is 39.5 Å². The molecule has 17 nitrogen and oxygen atoms in total. The van der Waals surface area contributed by atoms with Crippen molar-refractivity contribution < 1.29 is 80.2 Å². The second kappa shape index (κ2) is 78.3. The van der Waals surface area contributed by atoms with Crippen molar-refractivity contribution >= 4 is 39.5 Å². The van der Waals surface area contributed by atoms with E-state index in [0.29, 0.717) is 25.7 Å². The molecule has 106 heavy (non-hydrogen) atoms. The summed E-state index contributed by atoms with van der Waals surface area (Å²) in [6.45, 7) is 9.76. The van der Waals surface area contributed by atoms with E-state index in [1.165, 1.54) is 283 Å². The van der Waals surface area contributed by atoms with Crippen LogP contribution in [0.25, 0.3) is 0 Å². The maximum absolute atomic E-state index is 13.2. The van der Waals surface area contributed by atoms with Crippen LogP contribution in [0.2, 0.25) is 0 Å². The van der Waals surface area contributed by atoms with Crippen molar-refractivity contribution in [3.63, 3.8) is 0 Å². The lowest BCUT2D eigenvalue weighted by molar-refractivity contribution is -0.161. The van der Waals surface area contributed by atoms with Crippen LogP contribution in [-0.4, -0.2) is 96.7 Å². The van der Waals surface area contributed by atoms with Crippen LogP contribution in [0.5, 0.6) is 0 Å². The third-order valence-corrected chi connectivity index (χ3v) is 22.7. The Morgan fingerprint density at radius 1 is 0.274 bits per heavy atom. The van der Waals surface area contributed by atoms with Gasteiger partial charge in [-0.05, 0) is 37.5 Å². The van der Waals surface area contributed by atoms with Crippen LogP contribution in [0.3, 0.4) is 0 Å². The Kier molecular flexibility index (Phi) is 76.9. The van der Waals surface area contributed by atoms with Gasteiger partial charge in [0.05, 0.1) is 26.4 Å². The second-order valence-corrected chi connectivity index (χ2v) is 34.9. The molecule has 0 saturated carbocycles. The Morgan fingerprint density at radius 2 is 0.481 bits per heavy atom. The molecule has 0 aliphatic rings. The Labute approximate surface area is 651 Å². The van der Waals surface area contributed by atoms with E-state index in [4.69, 9.17) is 37.0 Å². The molecule has 0 aromatic carbocycles. The molecule has 0 bridgehead atoms. The molecule has 0 radical (unpaired) electrons. The Balaban J connectivity index is 5.19. The molecule has 0 aromatic rings. The monoisotopic (exact) mass is 1550 g/mol. The minimum atomic E-state index is -4.97. The smallest absolute Gasteiger partial charge is 0.462 e. The van der Waals surface area contributed by atoms with Gasteiger partial charge < -0.3 is 33.8 Å². The normalized spacial score (nSPS) is 14.1. The van der Waals surface area contributed by atoms with Crippen molar-refractivity contribution in [3.8, 4) is 0 Å². The minimum Gasteiger partial charge on any atom is -0.462 e. The molecule has 3 unspecified atom stereocenters. The third-order valence-electron chi connectivity index (χ3n) is 20.8. The summed E-state index contributed by atoms with van der Waals surface area (Å²) in [5.74, 6) is -0.407. The van der Waals surface area contributed by atoms with Gasteiger partial charge in [0.1, 0.15) is 19.3 Å². The molecule has 0 aromatic heterocycles. The Morgan fingerprint density at radius 3 is 0.717 bits per heavy atom. The fourth-order valence-corrected chi connectivity index (χ4v) is 15.1. The predicted octanol–water partition coefficient (Wildman–Crippen LogP) is 26.6. The zero-order chi connectivity index (χ0) is 77.8. The van der Waals surface area contributed by atoms with E-state index in [0.717, 1.165) is 102 Å². The molecule has 0 amide bonds. The van der Waals surface area contributed by atoms with Crippen LogP contribution in [0, 0.1) is 11.8 Å². The molecule has 0 aliphatic carbocycles. The summed E-state index contributed by atoms with van der Waals surface area (Å²) in [5, 5.41) is 10.7. The van der Waals surface area contributed by atoms with Gasteiger partial charge in [0.25, 0.3) is 0 Å². The molecule has 630 valence electrons. The molecule has 0 aliphatic heterocycles. The summed E-state index contributed by atoms with van der Waals surface area (Å²) in [6.07, 6.45) is 70.8. The first-order valence-electron chi connectivity index (χ1n) is 45.0. The molecule has 0 spiro atoms. The lowest BCUT2D eigenvalue weighted by Gasteiger charge is -2.21. The average Bonchev–Trinajstić information content (AvgIpc) is 0.902. The highest BCUT2D eigenvalue weighted by atomic mass is 31.2. The first-order valence-corrected chi connectivity index (χ1v) is 48.0. The zero-order valence-corrected chi connectivity index (χ0v) is 71.5. The van der Waals surface area contributed by atoms with Crippen LogP contribution < -0.4 is 0 Å². The highest BCUT2D eigenvalue weighted by molar-refractivity contribution is 7.47. The van der Waals surface area contributed by atoms with Crippen LogP contribution in [0.15, 0.2) is 0 Å². The summed E-state index contributed by atoms with van der Waals surface area (Å²) >= 11 is 0. The molecule has 19 heteroatoms. The van der Waals surface area contributed by atoms with Gasteiger partial charge in [-0.1, -0.05) is 414 Å². The van der Waals surface area contributed by atoms with Crippen LogP contribution in [0.4, 0.5) is 0 Å². The van der Waals surface area contributed by atoms with Crippen LogP contribution in [0.1, 0.15) is 465 Å². The van der Waals surface area contributed by atoms with E-state index in [1.807, 2.05) is 0 Å². The van der Waals surface area contributed by atoms with Gasteiger partial charge in [0.15, 0.2) is 12.2 Å². The van der Waals surface area contributed by atoms with Crippen molar-refractivity contribution in [2.24, 2.45) is 11.8 Å². The molecule has 3 N–H and O–H groups in total. The highest BCUT2D eigenvalue weighted by Crippen LogP contribution is 2.45. The number of ether oxygens (including phenoxy) is 4. The molecule has 0 fully saturated rings. The van der Waals surface area contributed by atoms with Gasteiger partial charge in [-0.15, -0.1) is 0 Å². The number of hydrogen-bond donors (Lipinski definition) is 3. The summed E-state index contributed by atoms with van der Waals surface area (Å²) in [7, 11) is -9.92. The van der Waals surface area contributed by atoms with E-state index in [1.54, 1.807) is 0 Å². The Hall–Kier alpha value is -1.94. The largest absolute Gasteiger partial charge is 0.472 e. The zero-order valence-electron chi connectivity index (χ0n) is 69.7. The molecular weight excluding hydrogens is 1380 g/mol. The lowest BCUT2D eigenvalue weighted by Crippen LogP contribution is -2.30. The number of aliphatic hydroxyl groups is 1. The molecular formula is C87H170O17P2. The van der Waals surface area contributed by atoms with Gasteiger partial charge in [0.2, 0.25) is 0 Å². The van der Waals surface area contributed by atoms with Crippen molar-refractivity contribution in [1.29, 1.82) is 0 Å². The number of unbranched alkanes of at least 4 members (excludes halogenated alkanes) is 55. The molecule has 6 atom stereocenters. The lowest BCUT2D eigenvalue weighted by atomic mass is 9.99. The maximum atomic E-state index is 13.2. The SMILES string of the molecule is CCCCCCCCCCCCCCCCC(=O)O[C@H](COC(=O)CCCCCCCCCCC)COP(=O)(O)OC[C@H](O)COP(=O)(O)OC[C@@H](COC(=O)CCCCCCCCCCCCCCCCCCCCC(C)C)OC(=O)CCCCCCCCCCCCCCCCCCCCC(C)CC. The summed E-state index contributed by atoms with van der Waals surface area (Å²) in [4.78, 5) is 73.2. The fourth-order valence-electron chi connectivity index (χ4n) is 13.6. The summed E-state index contributed by atoms with van der Waals surface area (Å²) in [5.41, 5.74) is 0. The topological polar surface area (TPSA) is 237 Å². The second-order valence-electron chi connectivity index (χ2n) is 32.0. The standard InChI is InChI=1S/C87H170O17P2/c1-7-10-12-14-16-18-19-20-35-41-47-53-59-65-71-86(91)103-82(75-97-84(89)69-63-57-51-43-17-15-13-11-8-2)77-101-105(93,94)99-73-81(88)74-100-106(95,96)102-78-83(76-98-85(90)70-64-58-52-46-40-36-31-27-23-21-25-29-33-38-44-49-55-61-67-79(4)5)104-87(92)72-66-60-54-48-42-37-32-28-24-22-26-30-34-39-45-50-56-62-68-80(6)9-3/h79-83,88H,7-78H2,1-6H3,(H,93,94)(H,95,96)/t80?,81-,82+,83+/m0/s1. The average molecular weight is 1550 g/mol. The number of rotatable bonds is 86. The fraction of sp³-hybridized carbons (Fsp3) is 0.954. The van der Waals surface area contributed by atoms with Crippen molar-refractivity contribution in [3.05, 3.63) is 0 Å². The first-order chi connectivity index (χ1) is 51.4. The van der Waals surface area contributed by atoms with E-state index in [9.17, 15) is 43.2 Å². The van der Waals surface area contributed by atoms with Crippen molar-refractivity contribution in [1.82, 2.24) is 0 Å².